The molecule has 1 aliphatic rings. The average molecular weight is 356 g/mol. The van der Waals surface area contributed by atoms with Crippen molar-refractivity contribution in [2.75, 3.05) is 11.9 Å². The molecule has 1 unspecified atom stereocenters. The Hall–Kier alpha value is -2.54. The van der Waals surface area contributed by atoms with Gasteiger partial charge in [0, 0.05) is 19.5 Å². The van der Waals surface area contributed by atoms with E-state index in [1.807, 2.05) is 24.4 Å². The molecule has 4 rings (SSSR count). The molecule has 1 saturated heterocycles. The van der Waals surface area contributed by atoms with Gasteiger partial charge in [0.2, 0.25) is 5.91 Å². The Morgan fingerprint density at radius 1 is 1.36 bits per heavy atom. The van der Waals surface area contributed by atoms with Gasteiger partial charge < -0.3 is 10.2 Å². The van der Waals surface area contributed by atoms with Crippen molar-refractivity contribution < 1.29 is 9.18 Å². The maximum absolute atomic E-state index is 13.3. The second-order valence-electron chi connectivity index (χ2n) is 6.21. The molecule has 0 bridgehead atoms. The number of rotatable bonds is 4. The Labute approximate surface area is 148 Å². The number of anilines is 1. The van der Waals surface area contributed by atoms with Crippen LogP contribution in [0.4, 0.5) is 10.2 Å². The summed E-state index contributed by atoms with van der Waals surface area (Å²) in [5.41, 5.74) is 0.798. The van der Waals surface area contributed by atoms with Gasteiger partial charge in [0.05, 0.1) is 11.4 Å². The van der Waals surface area contributed by atoms with Crippen LogP contribution in [0.5, 0.6) is 0 Å². The Balaban J connectivity index is 1.49. The number of hydrogen-bond acceptors (Lipinski definition) is 5. The predicted octanol–water partition coefficient (Wildman–Crippen LogP) is 3.35. The molecule has 3 aromatic rings. The van der Waals surface area contributed by atoms with Crippen LogP contribution in [0.3, 0.4) is 0 Å². The number of carbonyl (C=O) groups excluding carboxylic acids is 1. The molecule has 1 aliphatic heterocycles. The molecule has 25 heavy (non-hydrogen) atoms. The molecule has 1 aromatic carbocycles. The van der Waals surface area contributed by atoms with Crippen molar-refractivity contribution in [3.05, 3.63) is 52.9 Å². The molecule has 0 saturated carbocycles. The fourth-order valence-corrected chi connectivity index (χ4v) is 3.95. The van der Waals surface area contributed by atoms with Crippen LogP contribution >= 0.6 is 11.3 Å². The van der Waals surface area contributed by atoms with Crippen molar-refractivity contribution in [3.63, 3.8) is 0 Å². The van der Waals surface area contributed by atoms with Crippen molar-refractivity contribution in [1.82, 2.24) is 14.9 Å². The summed E-state index contributed by atoms with van der Waals surface area (Å²) in [5, 5.41) is 6.35. The zero-order valence-corrected chi connectivity index (χ0v) is 14.5. The Morgan fingerprint density at radius 3 is 3.08 bits per heavy atom. The second-order valence-corrected chi connectivity index (χ2v) is 7.10. The van der Waals surface area contributed by atoms with Crippen LogP contribution in [0.1, 0.15) is 17.8 Å². The number of aromatic nitrogens is 2. The summed E-state index contributed by atoms with van der Waals surface area (Å²) in [4.78, 5) is 23.9. The molecular formula is C18H17FN4OS. The van der Waals surface area contributed by atoms with Gasteiger partial charge in [0.15, 0.2) is 0 Å². The van der Waals surface area contributed by atoms with Crippen LogP contribution in [0, 0.1) is 12.7 Å². The minimum atomic E-state index is -0.282. The van der Waals surface area contributed by atoms with E-state index in [0.717, 1.165) is 21.6 Å². The average Bonchev–Trinajstić information content (AvgIpc) is 3.14. The highest BCUT2D eigenvalue weighted by Gasteiger charge is 2.30. The second kappa shape index (κ2) is 6.40. The number of nitrogens with zero attached hydrogens (tertiary/aromatic N) is 3. The van der Waals surface area contributed by atoms with Gasteiger partial charge in [-0.1, -0.05) is 12.1 Å². The normalized spacial score (nSPS) is 17.4. The Morgan fingerprint density at radius 2 is 2.24 bits per heavy atom. The number of benzene rings is 1. The van der Waals surface area contributed by atoms with E-state index in [9.17, 15) is 9.18 Å². The number of thiophene rings is 1. The summed E-state index contributed by atoms with van der Waals surface area (Å²) in [6.07, 6.45) is 0.407. The molecule has 0 aliphatic carbocycles. The summed E-state index contributed by atoms with van der Waals surface area (Å²) < 4.78 is 13.3. The number of halogens is 1. The number of aryl methyl sites for hydroxylation is 1. The lowest BCUT2D eigenvalue weighted by atomic mass is 10.2. The summed E-state index contributed by atoms with van der Waals surface area (Å²) in [6, 6.07) is 8.35. The fourth-order valence-electron chi connectivity index (χ4n) is 3.14. The molecule has 5 nitrogen and oxygen atoms in total. The van der Waals surface area contributed by atoms with E-state index in [0.29, 0.717) is 25.3 Å². The number of amides is 1. The van der Waals surface area contributed by atoms with E-state index >= 15 is 0 Å². The first-order chi connectivity index (χ1) is 12.1. The summed E-state index contributed by atoms with van der Waals surface area (Å²) in [5.74, 6) is 1.26. The van der Waals surface area contributed by atoms with E-state index in [1.165, 1.54) is 12.1 Å². The smallest absolute Gasteiger partial charge is 0.225 e. The highest BCUT2D eigenvalue weighted by molar-refractivity contribution is 7.16. The number of likely N-dealkylation sites (tertiary alicyclic amines) is 1. The number of carbonyl (C=O) groups is 1. The van der Waals surface area contributed by atoms with Gasteiger partial charge in [-0.05, 0) is 36.1 Å². The summed E-state index contributed by atoms with van der Waals surface area (Å²) in [6.45, 7) is 2.86. The SMILES string of the molecule is Cc1nc(NC2CC(=O)N(Cc3cccc(F)c3)C2)c2ccsc2n1. The molecule has 3 heterocycles. The first-order valence-electron chi connectivity index (χ1n) is 8.09. The lowest BCUT2D eigenvalue weighted by Gasteiger charge is -2.18. The van der Waals surface area contributed by atoms with E-state index in [4.69, 9.17) is 0 Å². The zero-order valence-electron chi connectivity index (χ0n) is 13.7. The number of nitrogens with one attached hydrogen (secondary N) is 1. The standard InChI is InChI=1S/C18H17FN4OS/c1-11-20-17(15-5-6-25-18(15)21-11)22-14-8-16(24)23(10-14)9-12-3-2-4-13(19)7-12/h2-7,14H,8-10H2,1H3,(H,20,21,22). The van der Waals surface area contributed by atoms with Crippen LogP contribution in [0.25, 0.3) is 10.2 Å². The molecule has 1 fully saturated rings. The topological polar surface area (TPSA) is 58.1 Å². The van der Waals surface area contributed by atoms with Crippen molar-refractivity contribution >= 4 is 33.3 Å². The first-order valence-corrected chi connectivity index (χ1v) is 8.97. The van der Waals surface area contributed by atoms with Crippen LogP contribution in [0.15, 0.2) is 35.7 Å². The molecule has 2 aromatic heterocycles. The lowest BCUT2D eigenvalue weighted by molar-refractivity contribution is -0.128. The molecule has 0 radical (unpaired) electrons. The van der Waals surface area contributed by atoms with Crippen LogP contribution in [0.2, 0.25) is 0 Å². The van der Waals surface area contributed by atoms with E-state index in [-0.39, 0.29) is 17.8 Å². The van der Waals surface area contributed by atoms with Crippen LogP contribution in [-0.2, 0) is 11.3 Å². The highest BCUT2D eigenvalue weighted by Crippen LogP contribution is 2.27. The maximum atomic E-state index is 13.3. The van der Waals surface area contributed by atoms with Crippen LogP contribution in [-0.4, -0.2) is 33.4 Å². The molecule has 128 valence electrons. The molecule has 1 amide bonds. The molecule has 1 atom stereocenters. The van der Waals surface area contributed by atoms with Crippen molar-refractivity contribution in [3.8, 4) is 0 Å². The van der Waals surface area contributed by atoms with E-state index < -0.39 is 0 Å². The van der Waals surface area contributed by atoms with Gasteiger partial charge in [-0.15, -0.1) is 11.3 Å². The third-order valence-electron chi connectivity index (χ3n) is 4.25. The minimum Gasteiger partial charge on any atom is -0.364 e. The van der Waals surface area contributed by atoms with Gasteiger partial charge in [0.1, 0.15) is 22.3 Å². The van der Waals surface area contributed by atoms with Crippen molar-refractivity contribution in [2.24, 2.45) is 0 Å². The highest BCUT2D eigenvalue weighted by atomic mass is 32.1. The maximum Gasteiger partial charge on any atom is 0.225 e. The summed E-state index contributed by atoms with van der Waals surface area (Å²) in [7, 11) is 0. The van der Waals surface area contributed by atoms with Crippen LogP contribution < -0.4 is 5.32 Å². The quantitative estimate of drug-likeness (QED) is 0.779. The monoisotopic (exact) mass is 356 g/mol. The Kier molecular flexibility index (Phi) is 4.09. The minimum absolute atomic E-state index is 0.0153. The largest absolute Gasteiger partial charge is 0.364 e. The van der Waals surface area contributed by atoms with Gasteiger partial charge >= 0.3 is 0 Å². The van der Waals surface area contributed by atoms with Crippen molar-refractivity contribution in [1.29, 1.82) is 0 Å². The molecule has 1 N–H and O–H groups in total. The van der Waals surface area contributed by atoms with Gasteiger partial charge in [-0.2, -0.15) is 0 Å². The first kappa shape index (κ1) is 16.0. The van der Waals surface area contributed by atoms with Crippen molar-refractivity contribution in [2.45, 2.75) is 25.9 Å². The third kappa shape index (κ3) is 3.32. The number of hydrogen-bond donors (Lipinski definition) is 1. The molecule has 7 heteroatoms. The predicted molar refractivity (Wildman–Crippen MR) is 96.0 cm³/mol. The van der Waals surface area contributed by atoms with E-state index in [2.05, 4.69) is 15.3 Å². The Bertz CT molecular complexity index is 942. The summed E-state index contributed by atoms with van der Waals surface area (Å²) >= 11 is 1.57. The third-order valence-corrected chi connectivity index (χ3v) is 5.06. The molecule has 0 spiro atoms. The van der Waals surface area contributed by atoms with Gasteiger partial charge in [-0.25, -0.2) is 14.4 Å². The number of fused-ring (bicyclic) bond motifs is 1. The van der Waals surface area contributed by atoms with Gasteiger partial charge in [0.25, 0.3) is 0 Å². The lowest BCUT2D eigenvalue weighted by Crippen LogP contribution is -2.27. The fraction of sp³-hybridized carbons (Fsp3) is 0.278. The zero-order chi connectivity index (χ0) is 17.4. The molecular weight excluding hydrogens is 339 g/mol. The van der Waals surface area contributed by atoms with Gasteiger partial charge in [-0.3, -0.25) is 4.79 Å². The van der Waals surface area contributed by atoms with E-state index in [1.54, 1.807) is 22.3 Å².